The molecule has 1 N–H and O–H groups in total. The van der Waals surface area contributed by atoms with Gasteiger partial charge in [0, 0.05) is 12.6 Å². The van der Waals surface area contributed by atoms with Crippen LogP contribution in [0.1, 0.15) is 65.7 Å². The van der Waals surface area contributed by atoms with Crippen LogP contribution in [0.2, 0.25) is 0 Å². The molecule has 0 bridgehead atoms. The summed E-state index contributed by atoms with van der Waals surface area (Å²) in [5, 5.41) is 3.62. The topological polar surface area (TPSA) is 15.3 Å². The smallest absolute Gasteiger partial charge is 0.0110 e. The normalized spacial score (nSPS) is 39.1. The van der Waals surface area contributed by atoms with E-state index in [9.17, 15) is 0 Å². The van der Waals surface area contributed by atoms with Gasteiger partial charge in [0.2, 0.25) is 0 Å². The zero-order valence-corrected chi connectivity index (χ0v) is 14.9. The van der Waals surface area contributed by atoms with E-state index in [2.05, 4.69) is 38.0 Å². The quantitative estimate of drug-likeness (QED) is 0.819. The lowest BCUT2D eigenvalue weighted by molar-refractivity contribution is 0.105. The number of hydrogen-bond acceptors (Lipinski definition) is 2. The van der Waals surface area contributed by atoms with Gasteiger partial charge in [0.25, 0.3) is 0 Å². The summed E-state index contributed by atoms with van der Waals surface area (Å²) >= 11 is 0. The van der Waals surface area contributed by atoms with Crippen molar-refractivity contribution in [2.75, 3.05) is 26.7 Å². The van der Waals surface area contributed by atoms with Gasteiger partial charge in [-0.1, -0.05) is 33.6 Å². The van der Waals surface area contributed by atoms with Crippen LogP contribution >= 0.6 is 0 Å². The van der Waals surface area contributed by atoms with Crippen LogP contribution in [0.25, 0.3) is 0 Å². The van der Waals surface area contributed by atoms with Crippen LogP contribution in [0, 0.1) is 23.7 Å². The Morgan fingerprint density at radius 2 is 1.90 bits per heavy atom. The summed E-state index contributed by atoms with van der Waals surface area (Å²) in [5.74, 6) is 3.63. The van der Waals surface area contributed by atoms with Crippen LogP contribution in [0.4, 0.5) is 0 Å². The molecule has 124 valence electrons. The van der Waals surface area contributed by atoms with Crippen molar-refractivity contribution >= 4 is 0 Å². The molecule has 1 aliphatic carbocycles. The van der Waals surface area contributed by atoms with Crippen molar-refractivity contribution < 1.29 is 0 Å². The first kappa shape index (κ1) is 17.3. The third-order valence-electron chi connectivity index (χ3n) is 6.16. The summed E-state index contributed by atoms with van der Waals surface area (Å²) in [7, 11) is 2.17. The third-order valence-corrected chi connectivity index (χ3v) is 6.16. The molecule has 2 nitrogen and oxygen atoms in total. The van der Waals surface area contributed by atoms with Crippen LogP contribution in [0.15, 0.2) is 0 Å². The molecular formula is C19H38N2. The van der Waals surface area contributed by atoms with Gasteiger partial charge in [-0.2, -0.15) is 0 Å². The van der Waals surface area contributed by atoms with Gasteiger partial charge < -0.3 is 10.2 Å². The van der Waals surface area contributed by atoms with Crippen molar-refractivity contribution in [3.63, 3.8) is 0 Å². The maximum Gasteiger partial charge on any atom is 0.0110 e. The van der Waals surface area contributed by atoms with Gasteiger partial charge in [-0.05, 0) is 75.9 Å². The minimum absolute atomic E-state index is 0.735. The Morgan fingerprint density at radius 3 is 2.62 bits per heavy atom. The Morgan fingerprint density at radius 1 is 1.10 bits per heavy atom. The maximum atomic E-state index is 3.62. The largest absolute Gasteiger partial charge is 0.317 e. The fourth-order valence-electron chi connectivity index (χ4n) is 4.95. The number of hydrogen-bond donors (Lipinski definition) is 1. The molecule has 0 radical (unpaired) electrons. The molecule has 1 aliphatic heterocycles. The molecule has 2 rings (SSSR count). The summed E-state index contributed by atoms with van der Waals surface area (Å²) in [6, 6.07) is 0.735. The van der Waals surface area contributed by atoms with Crippen molar-refractivity contribution in [2.24, 2.45) is 23.7 Å². The second kappa shape index (κ2) is 8.53. The monoisotopic (exact) mass is 294 g/mol. The van der Waals surface area contributed by atoms with Gasteiger partial charge in [0.1, 0.15) is 0 Å². The lowest BCUT2D eigenvalue weighted by Crippen LogP contribution is -2.48. The predicted octanol–water partition coefficient (Wildman–Crippen LogP) is 4.16. The summed E-state index contributed by atoms with van der Waals surface area (Å²) in [4.78, 5) is 2.79. The zero-order chi connectivity index (χ0) is 15.2. The van der Waals surface area contributed by atoms with E-state index in [-0.39, 0.29) is 0 Å². The van der Waals surface area contributed by atoms with E-state index in [1.807, 2.05) is 0 Å². The molecule has 2 fully saturated rings. The predicted molar refractivity (Wildman–Crippen MR) is 92.6 cm³/mol. The van der Waals surface area contributed by atoms with E-state index >= 15 is 0 Å². The van der Waals surface area contributed by atoms with E-state index in [1.54, 1.807) is 0 Å². The lowest BCUT2D eigenvalue weighted by atomic mass is 9.72. The Bertz CT molecular complexity index is 291. The molecule has 2 heteroatoms. The molecule has 0 amide bonds. The molecule has 5 unspecified atom stereocenters. The molecule has 21 heavy (non-hydrogen) atoms. The molecular weight excluding hydrogens is 256 g/mol. The molecule has 0 spiro atoms. The van der Waals surface area contributed by atoms with Crippen LogP contribution in [-0.4, -0.2) is 37.6 Å². The second-order valence-electron chi connectivity index (χ2n) is 8.00. The minimum atomic E-state index is 0.735. The van der Waals surface area contributed by atoms with Crippen molar-refractivity contribution in [2.45, 2.75) is 71.8 Å². The highest BCUT2D eigenvalue weighted by Gasteiger charge is 2.34. The van der Waals surface area contributed by atoms with Crippen molar-refractivity contribution in [1.82, 2.24) is 10.2 Å². The van der Waals surface area contributed by atoms with Gasteiger partial charge in [-0.15, -0.1) is 0 Å². The first-order valence-corrected chi connectivity index (χ1v) is 9.53. The van der Waals surface area contributed by atoms with Gasteiger partial charge in [-0.3, -0.25) is 0 Å². The zero-order valence-electron chi connectivity index (χ0n) is 14.9. The summed E-state index contributed by atoms with van der Waals surface area (Å²) in [5.41, 5.74) is 0. The van der Waals surface area contributed by atoms with E-state index in [0.717, 1.165) is 29.7 Å². The van der Waals surface area contributed by atoms with Gasteiger partial charge in [-0.25, -0.2) is 0 Å². The Kier molecular flexibility index (Phi) is 7.01. The van der Waals surface area contributed by atoms with Crippen LogP contribution < -0.4 is 5.32 Å². The van der Waals surface area contributed by atoms with E-state index < -0.39 is 0 Å². The fourth-order valence-corrected chi connectivity index (χ4v) is 4.95. The molecule has 1 heterocycles. The maximum absolute atomic E-state index is 3.62. The lowest BCUT2D eigenvalue weighted by Gasteiger charge is -2.42. The highest BCUT2D eigenvalue weighted by molar-refractivity contribution is 4.89. The van der Waals surface area contributed by atoms with E-state index in [4.69, 9.17) is 0 Å². The summed E-state index contributed by atoms with van der Waals surface area (Å²) < 4.78 is 0. The minimum Gasteiger partial charge on any atom is -0.317 e. The number of nitrogens with one attached hydrogen (secondary N) is 1. The third kappa shape index (κ3) is 4.96. The van der Waals surface area contributed by atoms with Crippen molar-refractivity contribution in [1.29, 1.82) is 0 Å². The molecule has 0 aromatic rings. The fraction of sp³-hybridized carbons (Fsp3) is 1.00. The first-order valence-electron chi connectivity index (χ1n) is 9.53. The number of nitrogens with zero attached hydrogens (tertiary/aromatic N) is 1. The molecule has 0 aromatic heterocycles. The van der Waals surface area contributed by atoms with Gasteiger partial charge in [0.05, 0.1) is 0 Å². The Balaban J connectivity index is 1.87. The standard InChI is InChI=1S/C19H38N2/c1-5-7-17-8-6-10-21(11-9-17)14-18-16(3)12-15(2)13-19(18)20-4/h15-20H,5-14H2,1-4H3. The molecule has 2 aliphatic rings. The van der Waals surface area contributed by atoms with E-state index in [0.29, 0.717) is 0 Å². The highest BCUT2D eigenvalue weighted by Crippen LogP contribution is 2.34. The Labute approximate surface area is 133 Å². The average molecular weight is 295 g/mol. The van der Waals surface area contributed by atoms with Crippen molar-refractivity contribution in [3.05, 3.63) is 0 Å². The summed E-state index contributed by atoms with van der Waals surface area (Å²) in [6.45, 7) is 11.3. The highest BCUT2D eigenvalue weighted by atomic mass is 15.1. The van der Waals surface area contributed by atoms with Crippen LogP contribution in [0.3, 0.4) is 0 Å². The summed E-state index contributed by atoms with van der Waals surface area (Å²) in [6.07, 6.45) is 9.94. The average Bonchev–Trinajstić information content (AvgIpc) is 2.67. The molecule has 5 atom stereocenters. The van der Waals surface area contributed by atoms with Crippen molar-refractivity contribution in [3.8, 4) is 0 Å². The number of likely N-dealkylation sites (tertiary alicyclic amines) is 1. The van der Waals surface area contributed by atoms with Crippen LogP contribution in [-0.2, 0) is 0 Å². The first-order chi connectivity index (χ1) is 10.1. The molecule has 1 saturated carbocycles. The van der Waals surface area contributed by atoms with Gasteiger partial charge in [0.15, 0.2) is 0 Å². The second-order valence-corrected chi connectivity index (χ2v) is 8.00. The van der Waals surface area contributed by atoms with Gasteiger partial charge >= 0.3 is 0 Å². The molecule has 0 aromatic carbocycles. The number of rotatable bonds is 5. The van der Waals surface area contributed by atoms with E-state index in [1.165, 1.54) is 64.6 Å². The Hall–Kier alpha value is -0.0800. The SMILES string of the molecule is CCCC1CCCN(CC2C(C)CC(C)CC2NC)CC1. The van der Waals surface area contributed by atoms with Crippen LogP contribution in [0.5, 0.6) is 0 Å². The molecule has 1 saturated heterocycles.